The van der Waals surface area contributed by atoms with Gasteiger partial charge in [0.05, 0.1) is 16.1 Å². The summed E-state index contributed by atoms with van der Waals surface area (Å²) >= 11 is 4.92. The summed E-state index contributed by atoms with van der Waals surface area (Å²) < 4.78 is 0.697. The molecule has 0 unspecified atom stereocenters. The van der Waals surface area contributed by atoms with Crippen molar-refractivity contribution in [3.63, 3.8) is 0 Å². The van der Waals surface area contributed by atoms with Gasteiger partial charge in [-0.15, -0.1) is 11.3 Å². The molecule has 1 heterocycles. The van der Waals surface area contributed by atoms with Crippen LogP contribution in [0, 0.1) is 17.0 Å². The predicted octanol–water partition coefficient (Wildman–Crippen LogP) is 3.78. The first-order valence-electron chi connectivity index (χ1n) is 5.63. The molecule has 0 saturated carbocycles. The molecule has 7 heteroatoms. The van der Waals surface area contributed by atoms with E-state index in [9.17, 15) is 10.1 Å². The van der Waals surface area contributed by atoms with Gasteiger partial charge < -0.3 is 5.32 Å². The van der Waals surface area contributed by atoms with Gasteiger partial charge >= 0.3 is 0 Å². The fourth-order valence-corrected chi connectivity index (χ4v) is 2.75. The molecule has 0 fully saturated rings. The average molecular weight is 342 g/mol. The van der Waals surface area contributed by atoms with Crippen LogP contribution in [-0.4, -0.2) is 16.5 Å². The largest absolute Gasteiger partial charge is 0.384 e. The van der Waals surface area contributed by atoms with Crippen molar-refractivity contribution in [3.05, 3.63) is 48.9 Å². The molecule has 100 valence electrons. The highest BCUT2D eigenvalue weighted by Crippen LogP contribution is 2.30. The second-order valence-electron chi connectivity index (χ2n) is 4.03. The Bertz CT molecular complexity index is 587. The quantitative estimate of drug-likeness (QED) is 0.663. The standard InChI is InChI=1S/C12H12BrN3O2S/c1-8-4-11(10(13)5-12(8)16(17)18)14-3-2-9-6-19-7-15-9/h4-7,14H,2-3H2,1H3. The van der Waals surface area contributed by atoms with Gasteiger partial charge in [-0.2, -0.15) is 0 Å². The van der Waals surface area contributed by atoms with Crippen LogP contribution in [0.5, 0.6) is 0 Å². The maximum atomic E-state index is 10.8. The van der Waals surface area contributed by atoms with Crippen LogP contribution in [0.25, 0.3) is 0 Å². The number of aryl methyl sites for hydroxylation is 1. The van der Waals surface area contributed by atoms with Crippen LogP contribution in [0.2, 0.25) is 0 Å². The minimum atomic E-state index is -0.376. The Balaban J connectivity index is 2.04. The summed E-state index contributed by atoms with van der Waals surface area (Å²) in [5.41, 5.74) is 4.48. The number of thiazole rings is 1. The molecule has 0 saturated heterocycles. The first-order chi connectivity index (χ1) is 9.08. The van der Waals surface area contributed by atoms with Gasteiger partial charge in [-0.25, -0.2) is 4.98 Å². The van der Waals surface area contributed by atoms with Crippen molar-refractivity contribution in [1.29, 1.82) is 0 Å². The number of nitro groups is 1. The van der Waals surface area contributed by atoms with Crippen molar-refractivity contribution in [2.75, 3.05) is 11.9 Å². The van der Waals surface area contributed by atoms with E-state index >= 15 is 0 Å². The number of nitro benzene ring substituents is 1. The third kappa shape index (κ3) is 3.51. The highest BCUT2D eigenvalue weighted by atomic mass is 79.9. The lowest BCUT2D eigenvalue weighted by Crippen LogP contribution is -2.06. The molecule has 1 N–H and O–H groups in total. The fraction of sp³-hybridized carbons (Fsp3) is 0.250. The summed E-state index contributed by atoms with van der Waals surface area (Å²) in [4.78, 5) is 14.6. The maximum Gasteiger partial charge on any atom is 0.273 e. The SMILES string of the molecule is Cc1cc(NCCc2cscn2)c(Br)cc1[N+](=O)[O-]. The van der Waals surface area contributed by atoms with Crippen LogP contribution < -0.4 is 5.32 Å². The molecule has 2 rings (SSSR count). The van der Waals surface area contributed by atoms with Crippen LogP contribution in [0.4, 0.5) is 11.4 Å². The van der Waals surface area contributed by atoms with Crippen molar-refractivity contribution < 1.29 is 4.92 Å². The molecule has 0 atom stereocenters. The molecule has 0 bridgehead atoms. The first kappa shape index (κ1) is 14.0. The van der Waals surface area contributed by atoms with E-state index in [2.05, 4.69) is 26.2 Å². The van der Waals surface area contributed by atoms with E-state index in [4.69, 9.17) is 0 Å². The first-order valence-corrected chi connectivity index (χ1v) is 7.37. The van der Waals surface area contributed by atoms with Crippen LogP contribution in [0.15, 0.2) is 27.5 Å². The van der Waals surface area contributed by atoms with E-state index in [-0.39, 0.29) is 10.6 Å². The molecule has 1 aromatic carbocycles. The number of benzene rings is 1. The number of hydrogen-bond donors (Lipinski definition) is 1. The van der Waals surface area contributed by atoms with Gasteiger partial charge in [0, 0.05) is 40.1 Å². The Hall–Kier alpha value is -1.47. The number of nitrogens with zero attached hydrogens (tertiary/aromatic N) is 2. The molecule has 0 spiro atoms. The Morgan fingerprint density at radius 2 is 2.32 bits per heavy atom. The van der Waals surface area contributed by atoms with E-state index in [1.807, 2.05) is 5.38 Å². The summed E-state index contributed by atoms with van der Waals surface area (Å²) in [6, 6.07) is 3.31. The van der Waals surface area contributed by atoms with Crippen molar-refractivity contribution in [3.8, 4) is 0 Å². The van der Waals surface area contributed by atoms with E-state index in [0.29, 0.717) is 10.0 Å². The molecule has 0 aliphatic heterocycles. The van der Waals surface area contributed by atoms with Gasteiger partial charge in [-0.1, -0.05) is 0 Å². The zero-order valence-corrected chi connectivity index (χ0v) is 12.6. The van der Waals surface area contributed by atoms with Crippen LogP contribution in [0.3, 0.4) is 0 Å². The Morgan fingerprint density at radius 1 is 1.53 bits per heavy atom. The van der Waals surface area contributed by atoms with Gasteiger partial charge in [-0.05, 0) is 28.9 Å². The number of rotatable bonds is 5. The normalized spacial score (nSPS) is 10.4. The van der Waals surface area contributed by atoms with Gasteiger partial charge in [0.25, 0.3) is 5.69 Å². The summed E-state index contributed by atoms with van der Waals surface area (Å²) in [5.74, 6) is 0. The minimum Gasteiger partial charge on any atom is -0.384 e. The summed E-state index contributed by atoms with van der Waals surface area (Å²) in [7, 11) is 0. The fourth-order valence-electron chi connectivity index (χ4n) is 1.69. The zero-order chi connectivity index (χ0) is 13.8. The lowest BCUT2D eigenvalue weighted by atomic mass is 10.2. The highest BCUT2D eigenvalue weighted by Gasteiger charge is 2.13. The van der Waals surface area contributed by atoms with Crippen LogP contribution in [0.1, 0.15) is 11.3 Å². The molecule has 19 heavy (non-hydrogen) atoms. The number of halogens is 1. The van der Waals surface area contributed by atoms with Gasteiger partial charge in [0.1, 0.15) is 0 Å². The lowest BCUT2D eigenvalue weighted by molar-refractivity contribution is -0.385. The number of nitrogens with one attached hydrogen (secondary N) is 1. The summed E-state index contributed by atoms with van der Waals surface area (Å²) in [5, 5.41) is 16.1. The van der Waals surface area contributed by atoms with Gasteiger partial charge in [0.2, 0.25) is 0 Å². The smallest absolute Gasteiger partial charge is 0.273 e. The number of hydrogen-bond acceptors (Lipinski definition) is 5. The molecule has 0 aliphatic carbocycles. The number of aromatic nitrogens is 1. The molecule has 2 aromatic rings. The van der Waals surface area contributed by atoms with Crippen molar-refractivity contribution >= 4 is 38.6 Å². The zero-order valence-electron chi connectivity index (χ0n) is 10.2. The Labute approximate surface area is 123 Å². The second kappa shape index (κ2) is 6.12. The van der Waals surface area contributed by atoms with E-state index in [1.165, 1.54) is 6.07 Å². The maximum absolute atomic E-state index is 10.8. The molecular formula is C12H12BrN3O2S. The van der Waals surface area contributed by atoms with Crippen LogP contribution in [-0.2, 0) is 6.42 Å². The van der Waals surface area contributed by atoms with Gasteiger partial charge in [-0.3, -0.25) is 10.1 Å². The second-order valence-corrected chi connectivity index (χ2v) is 5.61. The molecule has 1 aromatic heterocycles. The topological polar surface area (TPSA) is 68.1 Å². The number of anilines is 1. The van der Waals surface area contributed by atoms with Crippen molar-refractivity contribution in [2.45, 2.75) is 13.3 Å². The Kier molecular flexibility index (Phi) is 4.49. The van der Waals surface area contributed by atoms with Crippen molar-refractivity contribution in [2.24, 2.45) is 0 Å². The molecule has 0 radical (unpaired) electrons. The monoisotopic (exact) mass is 341 g/mol. The average Bonchev–Trinajstić information content (AvgIpc) is 2.85. The van der Waals surface area contributed by atoms with Gasteiger partial charge in [0.15, 0.2) is 0 Å². The molecule has 0 aliphatic rings. The summed E-state index contributed by atoms with van der Waals surface area (Å²) in [6.45, 7) is 2.47. The Morgan fingerprint density at radius 3 is 2.95 bits per heavy atom. The minimum absolute atomic E-state index is 0.122. The third-order valence-corrected chi connectivity index (χ3v) is 3.95. The predicted molar refractivity (Wildman–Crippen MR) is 79.8 cm³/mol. The third-order valence-electron chi connectivity index (χ3n) is 2.66. The van der Waals surface area contributed by atoms with E-state index in [0.717, 1.165) is 24.3 Å². The van der Waals surface area contributed by atoms with E-state index < -0.39 is 0 Å². The molecule has 0 amide bonds. The van der Waals surface area contributed by atoms with Crippen LogP contribution >= 0.6 is 27.3 Å². The van der Waals surface area contributed by atoms with E-state index in [1.54, 1.807) is 29.8 Å². The van der Waals surface area contributed by atoms with Crippen molar-refractivity contribution in [1.82, 2.24) is 4.98 Å². The molecular weight excluding hydrogens is 330 g/mol. The highest BCUT2D eigenvalue weighted by molar-refractivity contribution is 9.10. The lowest BCUT2D eigenvalue weighted by Gasteiger charge is -2.09. The molecule has 5 nitrogen and oxygen atoms in total. The summed E-state index contributed by atoms with van der Waals surface area (Å²) in [6.07, 6.45) is 0.825.